The Labute approximate surface area is 203 Å². The van der Waals surface area contributed by atoms with Crippen LogP contribution < -0.4 is 15.0 Å². The van der Waals surface area contributed by atoms with Crippen molar-refractivity contribution in [1.82, 2.24) is 15.3 Å². The number of hydrogen-bond donors (Lipinski definition) is 1. The maximum Gasteiger partial charge on any atom is 0.268 e. The van der Waals surface area contributed by atoms with E-state index in [0.717, 1.165) is 47.6 Å². The highest BCUT2D eigenvalue weighted by molar-refractivity contribution is 7.13. The van der Waals surface area contributed by atoms with Crippen molar-refractivity contribution >= 4 is 28.8 Å². The van der Waals surface area contributed by atoms with Crippen molar-refractivity contribution in [1.29, 1.82) is 0 Å². The summed E-state index contributed by atoms with van der Waals surface area (Å²) in [5.41, 5.74) is 3.09. The van der Waals surface area contributed by atoms with E-state index in [0.29, 0.717) is 17.9 Å². The lowest BCUT2D eigenvalue weighted by molar-refractivity contribution is -0.129. The van der Waals surface area contributed by atoms with E-state index in [1.165, 1.54) is 17.8 Å². The Morgan fingerprint density at radius 1 is 1.18 bits per heavy atom. The second-order valence-electron chi connectivity index (χ2n) is 8.78. The van der Waals surface area contributed by atoms with Crippen LogP contribution in [0, 0.1) is 0 Å². The monoisotopic (exact) mass is 476 g/mol. The number of thiazole rings is 1. The summed E-state index contributed by atoms with van der Waals surface area (Å²) in [4.78, 5) is 36.8. The van der Waals surface area contributed by atoms with Crippen LogP contribution in [0.4, 0.5) is 5.69 Å². The van der Waals surface area contributed by atoms with E-state index in [4.69, 9.17) is 9.72 Å². The van der Waals surface area contributed by atoms with Gasteiger partial charge in [-0.05, 0) is 49.6 Å². The predicted molar refractivity (Wildman–Crippen MR) is 133 cm³/mol. The second-order valence-corrected chi connectivity index (χ2v) is 9.64. The van der Waals surface area contributed by atoms with Gasteiger partial charge in [0, 0.05) is 23.2 Å². The Balaban J connectivity index is 1.41. The van der Waals surface area contributed by atoms with Crippen LogP contribution in [0.3, 0.4) is 0 Å². The van der Waals surface area contributed by atoms with E-state index >= 15 is 0 Å². The molecule has 1 aliphatic heterocycles. The number of fused-ring (bicyclic) bond motifs is 1. The number of pyridine rings is 1. The first-order valence-electron chi connectivity index (χ1n) is 11.9. The highest BCUT2D eigenvalue weighted by atomic mass is 32.1. The number of benzene rings is 1. The average molecular weight is 477 g/mol. The molecule has 176 valence electrons. The number of aromatic nitrogens is 2. The first kappa shape index (κ1) is 22.5. The summed E-state index contributed by atoms with van der Waals surface area (Å²) in [7, 11) is 0. The molecule has 3 heterocycles. The summed E-state index contributed by atoms with van der Waals surface area (Å²) in [5.74, 6) is 0.304. The average Bonchev–Trinajstić information content (AvgIpc) is 3.37. The molecule has 1 saturated carbocycles. The fourth-order valence-electron chi connectivity index (χ4n) is 4.58. The van der Waals surface area contributed by atoms with Gasteiger partial charge in [-0.1, -0.05) is 32.3 Å². The topological polar surface area (TPSA) is 84.4 Å². The molecule has 0 spiro atoms. The number of carbonyl (C=O) groups excluding carboxylic acids is 2. The van der Waals surface area contributed by atoms with Crippen LogP contribution in [-0.2, 0) is 9.59 Å². The number of carbonyl (C=O) groups is 2. The predicted octanol–water partition coefficient (Wildman–Crippen LogP) is 4.83. The van der Waals surface area contributed by atoms with Crippen molar-refractivity contribution in [3.05, 3.63) is 48.0 Å². The third kappa shape index (κ3) is 4.68. The van der Waals surface area contributed by atoms with Gasteiger partial charge >= 0.3 is 0 Å². The first-order valence-corrected chi connectivity index (χ1v) is 12.8. The van der Waals surface area contributed by atoms with Gasteiger partial charge < -0.3 is 10.1 Å². The first-order chi connectivity index (χ1) is 16.6. The molecule has 1 N–H and O–H groups in total. The number of nitrogens with one attached hydrogen (secondary N) is 1. The summed E-state index contributed by atoms with van der Waals surface area (Å²) in [6, 6.07) is 11.6. The van der Waals surface area contributed by atoms with Crippen molar-refractivity contribution in [2.75, 3.05) is 11.4 Å². The lowest BCUT2D eigenvalue weighted by atomic mass is 9.95. The number of rotatable bonds is 6. The molecule has 34 heavy (non-hydrogen) atoms. The smallest absolute Gasteiger partial charge is 0.268 e. The quantitative estimate of drug-likeness (QED) is 0.551. The van der Waals surface area contributed by atoms with Crippen LogP contribution in [0.25, 0.3) is 22.0 Å². The molecule has 2 amide bonds. The minimum atomic E-state index is -0.587. The SMILES string of the molecule is CCC1Oc2ccc(-c3csc(-c4ccccn4)n3)cc2N(CC(=O)NC2CCCCC2)C1=O. The molecule has 0 saturated heterocycles. The van der Waals surface area contributed by atoms with Crippen LogP contribution in [-0.4, -0.2) is 40.5 Å². The number of hydrogen-bond acceptors (Lipinski definition) is 6. The molecule has 5 rings (SSSR count). The summed E-state index contributed by atoms with van der Waals surface area (Å²) in [5, 5.41) is 5.93. The van der Waals surface area contributed by atoms with Crippen molar-refractivity contribution in [3.63, 3.8) is 0 Å². The maximum atomic E-state index is 13.2. The summed E-state index contributed by atoms with van der Waals surface area (Å²) >= 11 is 1.52. The van der Waals surface area contributed by atoms with Crippen LogP contribution in [0.1, 0.15) is 45.4 Å². The second kappa shape index (κ2) is 9.93. The summed E-state index contributed by atoms with van der Waals surface area (Å²) in [6.07, 6.45) is 7.21. The number of nitrogens with zero attached hydrogens (tertiary/aromatic N) is 3. The molecule has 1 aromatic carbocycles. The van der Waals surface area contributed by atoms with Gasteiger partial charge in [0.25, 0.3) is 5.91 Å². The Bertz CT molecular complexity index is 1170. The maximum absolute atomic E-state index is 13.2. The molecular formula is C26H28N4O3S. The number of ether oxygens (including phenoxy) is 1. The third-order valence-corrected chi connectivity index (χ3v) is 7.25. The van der Waals surface area contributed by atoms with Gasteiger partial charge in [-0.2, -0.15) is 0 Å². The highest BCUT2D eigenvalue weighted by Gasteiger charge is 2.35. The Morgan fingerprint density at radius 3 is 2.79 bits per heavy atom. The van der Waals surface area contributed by atoms with Crippen LogP contribution in [0.5, 0.6) is 5.75 Å². The fourth-order valence-corrected chi connectivity index (χ4v) is 5.39. The Hall–Kier alpha value is -3.26. The van der Waals surface area contributed by atoms with Gasteiger partial charge in [0.05, 0.1) is 17.1 Å². The largest absolute Gasteiger partial charge is 0.478 e. The van der Waals surface area contributed by atoms with Gasteiger partial charge in [-0.25, -0.2) is 4.98 Å². The van der Waals surface area contributed by atoms with E-state index in [1.54, 1.807) is 11.1 Å². The van der Waals surface area contributed by atoms with Gasteiger partial charge in [0.1, 0.15) is 17.3 Å². The number of amides is 2. The van der Waals surface area contributed by atoms with Crippen molar-refractivity contribution in [2.45, 2.75) is 57.6 Å². The van der Waals surface area contributed by atoms with Crippen molar-refractivity contribution < 1.29 is 14.3 Å². The van der Waals surface area contributed by atoms with E-state index in [9.17, 15) is 9.59 Å². The fraction of sp³-hybridized carbons (Fsp3) is 0.385. The molecule has 0 radical (unpaired) electrons. The zero-order chi connectivity index (χ0) is 23.5. The molecule has 7 nitrogen and oxygen atoms in total. The molecule has 1 aliphatic carbocycles. The molecule has 2 aliphatic rings. The lowest BCUT2D eigenvalue weighted by Crippen LogP contribution is -2.51. The van der Waals surface area contributed by atoms with E-state index < -0.39 is 6.10 Å². The minimum absolute atomic E-state index is 0.0120. The molecule has 0 bridgehead atoms. The van der Waals surface area contributed by atoms with Crippen molar-refractivity contribution in [2.24, 2.45) is 0 Å². The van der Waals surface area contributed by atoms with E-state index in [1.807, 2.05) is 48.7 Å². The zero-order valence-corrected chi connectivity index (χ0v) is 20.0. The molecule has 1 unspecified atom stereocenters. The van der Waals surface area contributed by atoms with Crippen molar-refractivity contribution in [3.8, 4) is 27.7 Å². The van der Waals surface area contributed by atoms with Gasteiger partial charge in [-0.15, -0.1) is 11.3 Å². The van der Waals surface area contributed by atoms with Gasteiger partial charge in [-0.3, -0.25) is 19.5 Å². The Kier molecular flexibility index (Phi) is 6.58. The Morgan fingerprint density at radius 2 is 2.03 bits per heavy atom. The number of anilines is 1. The van der Waals surface area contributed by atoms with Crippen LogP contribution in [0.15, 0.2) is 48.0 Å². The zero-order valence-electron chi connectivity index (χ0n) is 19.2. The molecule has 3 aromatic rings. The van der Waals surface area contributed by atoms with Crippen LogP contribution in [0.2, 0.25) is 0 Å². The molecule has 1 atom stereocenters. The van der Waals surface area contributed by atoms with Gasteiger partial charge in [0.15, 0.2) is 6.10 Å². The molecule has 2 aromatic heterocycles. The molecule has 8 heteroatoms. The minimum Gasteiger partial charge on any atom is -0.478 e. The molecule has 1 fully saturated rings. The molecular weight excluding hydrogens is 448 g/mol. The van der Waals surface area contributed by atoms with Gasteiger partial charge in [0.2, 0.25) is 5.91 Å². The summed E-state index contributed by atoms with van der Waals surface area (Å²) in [6.45, 7) is 1.90. The third-order valence-electron chi connectivity index (χ3n) is 6.39. The van der Waals surface area contributed by atoms with E-state index in [2.05, 4.69) is 10.3 Å². The standard InChI is InChI=1S/C26H28N4O3S/c1-2-22-26(32)30(15-24(31)28-18-8-4-3-5-9-18)21-14-17(11-12-23(21)33-22)20-16-34-25(29-20)19-10-6-7-13-27-19/h6-7,10-14,16,18,22H,2-5,8-9,15H2,1H3,(H,28,31). The lowest BCUT2D eigenvalue weighted by Gasteiger charge is -2.34. The van der Waals surface area contributed by atoms with E-state index in [-0.39, 0.29) is 24.4 Å². The summed E-state index contributed by atoms with van der Waals surface area (Å²) < 4.78 is 5.97. The highest BCUT2D eigenvalue weighted by Crippen LogP contribution is 2.39. The van der Waals surface area contributed by atoms with Crippen LogP contribution >= 0.6 is 11.3 Å². The normalized spacial score (nSPS) is 18.3.